The lowest BCUT2D eigenvalue weighted by Crippen LogP contribution is -2.33. The molecule has 1 aromatic heterocycles. The molecule has 0 saturated carbocycles. The van der Waals surface area contributed by atoms with Crippen LogP contribution in [0.2, 0.25) is 0 Å². The minimum absolute atomic E-state index is 0.426. The molecule has 110 valence electrons. The molecule has 1 aliphatic carbocycles. The Morgan fingerprint density at radius 2 is 2.10 bits per heavy atom. The van der Waals surface area contributed by atoms with Crippen molar-refractivity contribution in [3.05, 3.63) is 59.4 Å². The van der Waals surface area contributed by atoms with Crippen molar-refractivity contribution in [1.82, 2.24) is 10.3 Å². The third-order valence-electron chi connectivity index (χ3n) is 4.47. The minimum Gasteiger partial charge on any atom is -0.497 e. The van der Waals surface area contributed by atoms with Gasteiger partial charge in [0, 0.05) is 23.9 Å². The van der Waals surface area contributed by atoms with Gasteiger partial charge in [0.15, 0.2) is 0 Å². The summed E-state index contributed by atoms with van der Waals surface area (Å²) in [5, 5.41) is 3.49. The molecule has 0 amide bonds. The van der Waals surface area contributed by atoms with Crippen LogP contribution in [0.15, 0.2) is 42.6 Å². The third kappa shape index (κ3) is 2.93. The molecular formula is C18H22N2O. The number of rotatable bonds is 5. The van der Waals surface area contributed by atoms with E-state index in [9.17, 15) is 0 Å². The first-order valence-corrected chi connectivity index (χ1v) is 7.56. The highest BCUT2D eigenvalue weighted by Gasteiger charge is 2.30. The number of hydrogen-bond acceptors (Lipinski definition) is 3. The molecule has 0 bridgehead atoms. The van der Waals surface area contributed by atoms with Gasteiger partial charge >= 0.3 is 0 Å². The smallest absolute Gasteiger partial charge is 0.118 e. The van der Waals surface area contributed by atoms with Crippen LogP contribution >= 0.6 is 0 Å². The molecule has 0 spiro atoms. The molecule has 2 unspecified atom stereocenters. The molecule has 3 nitrogen and oxygen atoms in total. The number of fused-ring (bicyclic) bond motifs is 1. The monoisotopic (exact) mass is 282 g/mol. The maximum atomic E-state index is 5.22. The van der Waals surface area contributed by atoms with E-state index in [0.29, 0.717) is 12.0 Å². The fraction of sp³-hybridized carbons (Fsp3) is 0.389. The van der Waals surface area contributed by atoms with E-state index in [-0.39, 0.29) is 0 Å². The molecule has 3 rings (SSSR count). The average Bonchev–Trinajstić information content (AvgIpc) is 2.97. The van der Waals surface area contributed by atoms with E-state index < -0.39 is 0 Å². The van der Waals surface area contributed by atoms with Gasteiger partial charge in [-0.25, -0.2) is 0 Å². The van der Waals surface area contributed by atoms with Gasteiger partial charge in [-0.1, -0.05) is 18.2 Å². The van der Waals surface area contributed by atoms with Gasteiger partial charge in [-0.15, -0.1) is 0 Å². The van der Waals surface area contributed by atoms with Crippen LogP contribution in [0, 0.1) is 0 Å². The highest BCUT2D eigenvalue weighted by Crippen LogP contribution is 2.34. The van der Waals surface area contributed by atoms with Crippen molar-refractivity contribution in [1.29, 1.82) is 0 Å². The molecule has 0 fully saturated rings. The zero-order valence-electron chi connectivity index (χ0n) is 12.7. The van der Waals surface area contributed by atoms with Crippen molar-refractivity contribution in [2.45, 2.75) is 31.2 Å². The summed E-state index contributed by atoms with van der Waals surface area (Å²) in [5.74, 6) is 1.42. The van der Waals surface area contributed by atoms with E-state index in [0.717, 1.165) is 18.6 Å². The Morgan fingerprint density at radius 3 is 2.81 bits per heavy atom. The summed E-state index contributed by atoms with van der Waals surface area (Å²) in [5.41, 5.74) is 4.03. The molecule has 2 atom stereocenters. The van der Waals surface area contributed by atoms with E-state index in [1.165, 1.54) is 23.2 Å². The van der Waals surface area contributed by atoms with Crippen molar-refractivity contribution >= 4 is 0 Å². The molecule has 0 radical (unpaired) electrons. The normalized spacial score (nSPS) is 18.3. The van der Waals surface area contributed by atoms with Crippen LogP contribution < -0.4 is 10.1 Å². The van der Waals surface area contributed by atoms with Crippen LogP contribution in [0.1, 0.15) is 29.2 Å². The topological polar surface area (TPSA) is 34.1 Å². The Bertz CT molecular complexity index is 594. The van der Waals surface area contributed by atoms with Gasteiger partial charge < -0.3 is 10.1 Å². The molecule has 1 heterocycles. The van der Waals surface area contributed by atoms with Crippen molar-refractivity contribution in [3.8, 4) is 5.75 Å². The van der Waals surface area contributed by atoms with Crippen molar-refractivity contribution in [2.75, 3.05) is 14.2 Å². The summed E-state index contributed by atoms with van der Waals surface area (Å²) in [4.78, 5) is 4.62. The molecule has 1 aliphatic rings. The summed E-state index contributed by atoms with van der Waals surface area (Å²) >= 11 is 0. The maximum absolute atomic E-state index is 5.22. The molecule has 21 heavy (non-hydrogen) atoms. The van der Waals surface area contributed by atoms with Crippen molar-refractivity contribution in [2.24, 2.45) is 0 Å². The van der Waals surface area contributed by atoms with Crippen LogP contribution in [0.3, 0.4) is 0 Å². The maximum Gasteiger partial charge on any atom is 0.118 e. The fourth-order valence-corrected chi connectivity index (χ4v) is 3.30. The minimum atomic E-state index is 0.426. The summed E-state index contributed by atoms with van der Waals surface area (Å²) in [6.45, 7) is 0. The highest BCUT2D eigenvalue weighted by atomic mass is 16.5. The second-order valence-electron chi connectivity index (χ2n) is 5.64. The Kier molecular flexibility index (Phi) is 4.20. The lowest BCUT2D eigenvalue weighted by molar-refractivity contribution is 0.414. The van der Waals surface area contributed by atoms with Crippen LogP contribution in [0.25, 0.3) is 0 Å². The predicted octanol–water partition coefficient (Wildman–Crippen LogP) is 2.95. The van der Waals surface area contributed by atoms with E-state index in [2.05, 4.69) is 35.5 Å². The van der Waals surface area contributed by atoms with Crippen LogP contribution in [-0.2, 0) is 12.8 Å². The van der Waals surface area contributed by atoms with Gasteiger partial charge in [0.1, 0.15) is 5.75 Å². The molecule has 2 aromatic rings. The summed E-state index contributed by atoms with van der Waals surface area (Å²) < 4.78 is 5.22. The van der Waals surface area contributed by atoms with E-state index in [1.807, 2.05) is 24.4 Å². The Balaban J connectivity index is 1.76. The SMILES string of the molecule is CNC(Cc1ccc(OC)cc1)C1CCc2cccnc21. The number of methoxy groups -OCH3 is 1. The number of nitrogens with one attached hydrogen (secondary N) is 1. The fourth-order valence-electron chi connectivity index (χ4n) is 3.30. The summed E-state index contributed by atoms with van der Waals surface area (Å²) in [7, 11) is 3.75. The average molecular weight is 282 g/mol. The lowest BCUT2D eigenvalue weighted by Gasteiger charge is -2.23. The number of hydrogen-bond donors (Lipinski definition) is 1. The Hall–Kier alpha value is -1.87. The standard InChI is InChI=1S/C18H22N2O/c1-19-17(12-13-5-8-15(21-2)9-6-13)16-10-7-14-4-3-11-20-18(14)16/h3-6,8-9,11,16-17,19H,7,10,12H2,1-2H3. The van der Waals surface area contributed by atoms with E-state index in [1.54, 1.807) is 7.11 Å². The number of aromatic nitrogens is 1. The van der Waals surface area contributed by atoms with Crippen LogP contribution in [-0.4, -0.2) is 25.2 Å². The molecule has 1 N–H and O–H groups in total. The number of benzene rings is 1. The number of pyridine rings is 1. The van der Waals surface area contributed by atoms with Crippen molar-refractivity contribution < 1.29 is 4.74 Å². The first-order chi connectivity index (χ1) is 10.3. The number of likely N-dealkylation sites (N-methyl/N-ethyl adjacent to an activating group) is 1. The van der Waals surface area contributed by atoms with E-state index in [4.69, 9.17) is 4.74 Å². The van der Waals surface area contributed by atoms with Gasteiger partial charge in [-0.05, 0) is 55.6 Å². The zero-order chi connectivity index (χ0) is 14.7. The van der Waals surface area contributed by atoms with Gasteiger partial charge in [-0.2, -0.15) is 0 Å². The first kappa shape index (κ1) is 14.1. The van der Waals surface area contributed by atoms with Gasteiger partial charge in [0.2, 0.25) is 0 Å². The van der Waals surface area contributed by atoms with Crippen LogP contribution in [0.4, 0.5) is 0 Å². The molecule has 3 heteroatoms. The zero-order valence-corrected chi connectivity index (χ0v) is 12.7. The predicted molar refractivity (Wildman–Crippen MR) is 84.8 cm³/mol. The first-order valence-electron chi connectivity index (χ1n) is 7.56. The third-order valence-corrected chi connectivity index (χ3v) is 4.47. The Morgan fingerprint density at radius 1 is 1.29 bits per heavy atom. The van der Waals surface area contributed by atoms with Crippen LogP contribution in [0.5, 0.6) is 5.75 Å². The van der Waals surface area contributed by atoms with Crippen molar-refractivity contribution in [3.63, 3.8) is 0 Å². The molecule has 1 aromatic carbocycles. The van der Waals surface area contributed by atoms with E-state index >= 15 is 0 Å². The second kappa shape index (κ2) is 6.27. The van der Waals surface area contributed by atoms with Gasteiger partial charge in [0.05, 0.1) is 7.11 Å². The number of nitrogens with zero attached hydrogens (tertiary/aromatic N) is 1. The molecule has 0 aliphatic heterocycles. The Labute approximate surface area is 126 Å². The summed E-state index contributed by atoms with van der Waals surface area (Å²) in [6.07, 6.45) is 5.26. The largest absolute Gasteiger partial charge is 0.497 e. The number of aryl methyl sites for hydroxylation is 1. The van der Waals surface area contributed by atoms with Gasteiger partial charge in [0.25, 0.3) is 0 Å². The quantitative estimate of drug-likeness (QED) is 0.915. The lowest BCUT2D eigenvalue weighted by atomic mass is 9.91. The summed E-state index contributed by atoms with van der Waals surface area (Å²) in [6, 6.07) is 13.0. The van der Waals surface area contributed by atoms with Gasteiger partial charge in [-0.3, -0.25) is 4.98 Å². The molecule has 0 saturated heterocycles. The second-order valence-corrected chi connectivity index (χ2v) is 5.64. The molecular weight excluding hydrogens is 260 g/mol. The highest BCUT2D eigenvalue weighted by molar-refractivity contribution is 5.32. The number of ether oxygens (including phenoxy) is 1.